The number of benzene rings is 1. The number of alkyl halides is 1. The Hall–Kier alpha value is -0.770. The van der Waals surface area contributed by atoms with Crippen molar-refractivity contribution in [3.63, 3.8) is 0 Å². The Morgan fingerprint density at radius 2 is 1.71 bits per heavy atom. The average Bonchev–Trinajstić information content (AvgIpc) is 2.50. The van der Waals surface area contributed by atoms with Gasteiger partial charge >= 0.3 is 0 Å². The van der Waals surface area contributed by atoms with Gasteiger partial charge in [0.2, 0.25) is 0 Å². The summed E-state index contributed by atoms with van der Waals surface area (Å²) in [6.45, 7) is 5.70. The molecule has 0 bridgehead atoms. The molecule has 1 aromatic carbocycles. The van der Waals surface area contributed by atoms with Crippen molar-refractivity contribution in [1.82, 2.24) is 0 Å². The molecule has 1 fully saturated rings. The molecule has 21 heavy (non-hydrogen) atoms. The predicted octanol–water partition coefficient (Wildman–Crippen LogP) is 4.33. The lowest BCUT2D eigenvalue weighted by atomic mass is 9.91. The molecule has 1 aliphatic rings. The van der Waals surface area contributed by atoms with Gasteiger partial charge in [0.15, 0.2) is 5.79 Å². The molecular weight excluding hydrogens is 288 g/mol. The van der Waals surface area contributed by atoms with Gasteiger partial charge in [-0.25, -0.2) is 0 Å². The quantitative estimate of drug-likeness (QED) is 0.578. The largest absolute Gasteiger partial charge is 0.497 e. The minimum absolute atomic E-state index is 0.0580. The summed E-state index contributed by atoms with van der Waals surface area (Å²) in [4.78, 5) is 0. The lowest BCUT2D eigenvalue weighted by Gasteiger charge is -2.44. The van der Waals surface area contributed by atoms with Crippen LogP contribution in [0.25, 0.3) is 0 Å². The van der Waals surface area contributed by atoms with Crippen molar-refractivity contribution >= 4 is 11.6 Å². The minimum atomic E-state index is -0.645. The molecule has 0 aliphatic carbocycles. The topological polar surface area (TPSA) is 27.7 Å². The van der Waals surface area contributed by atoms with Crippen molar-refractivity contribution in [2.24, 2.45) is 5.41 Å². The van der Waals surface area contributed by atoms with Crippen molar-refractivity contribution in [3.05, 3.63) is 29.8 Å². The van der Waals surface area contributed by atoms with E-state index >= 15 is 0 Å². The van der Waals surface area contributed by atoms with Crippen molar-refractivity contribution < 1.29 is 14.2 Å². The van der Waals surface area contributed by atoms with E-state index in [0.717, 1.165) is 30.6 Å². The summed E-state index contributed by atoms with van der Waals surface area (Å²) in [5, 5.41) is 0. The fourth-order valence-electron chi connectivity index (χ4n) is 2.46. The highest BCUT2D eigenvalue weighted by molar-refractivity contribution is 6.17. The van der Waals surface area contributed by atoms with E-state index in [1.165, 1.54) is 0 Å². The second kappa shape index (κ2) is 6.99. The molecule has 0 N–H and O–H groups in total. The fraction of sp³-hybridized carbons (Fsp3) is 0.647. The van der Waals surface area contributed by atoms with Gasteiger partial charge in [0.05, 0.1) is 20.3 Å². The van der Waals surface area contributed by atoms with E-state index < -0.39 is 5.79 Å². The molecule has 0 spiro atoms. The maximum atomic E-state index is 6.18. The first-order chi connectivity index (χ1) is 10.0. The molecule has 0 amide bonds. The summed E-state index contributed by atoms with van der Waals surface area (Å²) in [5.41, 5.74) is 1.11. The van der Waals surface area contributed by atoms with Gasteiger partial charge in [-0.1, -0.05) is 13.8 Å². The van der Waals surface area contributed by atoms with Crippen LogP contribution in [0.2, 0.25) is 0 Å². The molecule has 0 atom stereocenters. The van der Waals surface area contributed by atoms with E-state index in [1.807, 2.05) is 24.3 Å². The van der Waals surface area contributed by atoms with Crippen LogP contribution in [-0.4, -0.2) is 26.2 Å². The smallest absolute Gasteiger partial charge is 0.194 e. The van der Waals surface area contributed by atoms with Crippen LogP contribution in [-0.2, 0) is 15.3 Å². The number of methoxy groups -OCH3 is 1. The second-order valence-electron chi connectivity index (χ2n) is 6.37. The van der Waals surface area contributed by atoms with Crippen molar-refractivity contribution in [2.45, 2.75) is 38.9 Å². The van der Waals surface area contributed by atoms with E-state index in [0.29, 0.717) is 19.1 Å². The summed E-state index contributed by atoms with van der Waals surface area (Å²) < 4.78 is 17.6. The number of rotatable bonds is 6. The summed E-state index contributed by atoms with van der Waals surface area (Å²) in [5.74, 6) is 0.865. The Labute approximate surface area is 132 Å². The van der Waals surface area contributed by atoms with E-state index in [1.54, 1.807) is 7.11 Å². The Balaban J connectivity index is 2.18. The zero-order valence-electron chi connectivity index (χ0n) is 13.2. The first-order valence-electron chi connectivity index (χ1n) is 7.50. The van der Waals surface area contributed by atoms with E-state index in [-0.39, 0.29) is 5.41 Å². The average molecular weight is 313 g/mol. The Bertz CT molecular complexity index is 432. The van der Waals surface area contributed by atoms with Crippen molar-refractivity contribution in [3.8, 4) is 5.75 Å². The Morgan fingerprint density at radius 3 is 2.24 bits per heavy atom. The van der Waals surface area contributed by atoms with Crippen LogP contribution < -0.4 is 4.74 Å². The minimum Gasteiger partial charge on any atom is -0.497 e. The Morgan fingerprint density at radius 1 is 1.10 bits per heavy atom. The van der Waals surface area contributed by atoms with Gasteiger partial charge in [0.1, 0.15) is 5.75 Å². The van der Waals surface area contributed by atoms with Crippen LogP contribution >= 0.6 is 11.6 Å². The molecular formula is C17H25ClO3. The molecule has 2 rings (SSSR count). The molecule has 3 nitrogen and oxygen atoms in total. The molecule has 1 aliphatic heterocycles. The van der Waals surface area contributed by atoms with Crippen molar-refractivity contribution in [2.75, 3.05) is 26.2 Å². The highest BCUT2D eigenvalue weighted by atomic mass is 35.5. The molecule has 1 heterocycles. The van der Waals surface area contributed by atoms with Crippen LogP contribution in [0.4, 0.5) is 0 Å². The predicted molar refractivity (Wildman–Crippen MR) is 84.9 cm³/mol. The molecule has 0 unspecified atom stereocenters. The van der Waals surface area contributed by atoms with Crippen LogP contribution in [0.1, 0.15) is 38.7 Å². The third-order valence-electron chi connectivity index (χ3n) is 3.81. The maximum Gasteiger partial charge on any atom is 0.194 e. The van der Waals surface area contributed by atoms with Gasteiger partial charge in [-0.15, -0.1) is 11.6 Å². The van der Waals surface area contributed by atoms with Gasteiger partial charge in [-0.3, -0.25) is 0 Å². The monoisotopic (exact) mass is 312 g/mol. The standard InChI is InChI=1S/C17H25ClO3/c1-16(2)12-20-17(21-13-16,10-4-5-11-18)14-6-8-15(19-3)9-7-14/h6-9H,4-5,10-13H2,1-3H3. The second-order valence-corrected chi connectivity index (χ2v) is 6.75. The lowest BCUT2D eigenvalue weighted by Crippen LogP contribution is -2.45. The van der Waals surface area contributed by atoms with Gasteiger partial charge in [-0.05, 0) is 37.1 Å². The van der Waals surface area contributed by atoms with E-state index in [9.17, 15) is 0 Å². The zero-order valence-corrected chi connectivity index (χ0v) is 13.9. The number of ether oxygens (including phenoxy) is 3. The molecule has 1 saturated heterocycles. The first kappa shape index (κ1) is 16.6. The van der Waals surface area contributed by atoms with Gasteiger partial charge in [0.25, 0.3) is 0 Å². The fourth-order valence-corrected chi connectivity index (χ4v) is 2.65. The van der Waals surface area contributed by atoms with Crippen LogP contribution in [0.3, 0.4) is 0 Å². The third kappa shape index (κ3) is 4.12. The first-order valence-corrected chi connectivity index (χ1v) is 8.03. The Kier molecular flexibility index (Phi) is 5.53. The van der Waals surface area contributed by atoms with E-state index in [2.05, 4.69) is 13.8 Å². The molecule has 4 heteroatoms. The van der Waals surface area contributed by atoms with Crippen LogP contribution in [0, 0.1) is 5.41 Å². The van der Waals surface area contributed by atoms with E-state index in [4.69, 9.17) is 25.8 Å². The molecule has 1 aromatic rings. The summed E-state index contributed by atoms with van der Waals surface area (Å²) in [6, 6.07) is 7.95. The van der Waals surface area contributed by atoms with Crippen LogP contribution in [0.5, 0.6) is 5.75 Å². The highest BCUT2D eigenvalue weighted by Gasteiger charge is 2.41. The lowest BCUT2D eigenvalue weighted by molar-refractivity contribution is -0.311. The number of hydrogen-bond acceptors (Lipinski definition) is 3. The molecule has 0 radical (unpaired) electrons. The molecule has 0 aromatic heterocycles. The summed E-state index contributed by atoms with van der Waals surface area (Å²) >= 11 is 5.80. The normalized spacial score (nSPS) is 20.2. The zero-order chi connectivity index (χ0) is 15.3. The number of hydrogen-bond donors (Lipinski definition) is 0. The maximum absolute atomic E-state index is 6.18. The third-order valence-corrected chi connectivity index (χ3v) is 4.08. The number of halogens is 1. The van der Waals surface area contributed by atoms with Crippen LogP contribution in [0.15, 0.2) is 24.3 Å². The van der Waals surface area contributed by atoms with Gasteiger partial charge in [0, 0.05) is 23.3 Å². The summed E-state index contributed by atoms with van der Waals surface area (Å²) in [7, 11) is 1.67. The summed E-state index contributed by atoms with van der Waals surface area (Å²) in [6.07, 6.45) is 2.77. The SMILES string of the molecule is COc1ccc(C2(CCCCCl)OCC(C)(C)CO2)cc1. The molecule has 0 saturated carbocycles. The van der Waals surface area contributed by atoms with Gasteiger partial charge in [-0.2, -0.15) is 0 Å². The van der Waals surface area contributed by atoms with Crippen molar-refractivity contribution in [1.29, 1.82) is 0 Å². The van der Waals surface area contributed by atoms with Gasteiger partial charge < -0.3 is 14.2 Å². The highest BCUT2D eigenvalue weighted by Crippen LogP contribution is 2.40. The molecule has 118 valence electrons. The number of unbranched alkanes of at least 4 members (excludes halogenated alkanes) is 1.